The molecule has 1 aliphatic heterocycles. The summed E-state index contributed by atoms with van der Waals surface area (Å²) < 4.78 is 4.68. The van der Waals surface area contributed by atoms with Crippen molar-refractivity contribution in [3.63, 3.8) is 0 Å². The molecule has 1 atom stereocenters. The van der Waals surface area contributed by atoms with Gasteiger partial charge in [0.2, 0.25) is 0 Å². The van der Waals surface area contributed by atoms with Gasteiger partial charge in [-0.05, 0) is 25.0 Å². The lowest BCUT2D eigenvalue weighted by Gasteiger charge is -2.23. The second-order valence-corrected chi connectivity index (χ2v) is 4.66. The average Bonchev–Trinajstić information content (AvgIpc) is 2.76. The molecule has 1 aromatic rings. The van der Waals surface area contributed by atoms with Crippen LogP contribution < -0.4 is 0 Å². The Bertz CT molecular complexity index is 560. The fraction of sp³-hybridized carbons (Fsp3) is 0.333. The van der Waals surface area contributed by atoms with Crippen molar-refractivity contribution in [3.8, 4) is 0 Å². The third-order valence-corrected chi connectivity index (χ3v) is 3.41. The van der Waals surface area contributed by atoms with Crippen LogP contribution in [0.25, 0.3) is 0 Å². The largest absolute Gasteiger partial charge is 0.467 e. The predicted molar refractivity (Wildman–Crippen MR) is 72.7 cm³/mol. The Morgan fingerprint density at radius 1 is 1.24 bits per heavy atom. The average molecular weight is 289 g/mol. The van der Waals surface area contributed by atoms with Crippen LogP contribution >= 0.6 is 0 Å². The summed E-state index contributed by atoms with van der Waals surface area (Å²) in [7, 11) is 1.20. The van der Waals surface area contributed by atoms with E-state index in [0.717, 1.165) is 11.2 Å². The van der Waals surface area contributed by atoms with Gasteiger partial charge in [-0.15, -0.1) is 0 Å². The summed E-state index contributed by atoms with van der Waals surface area (Å²) in [6.07, 6.45) is 1.60. The van der Waals surface area contributed by atoms with E-state index >= 15 is 0 Å². The van der Waals surface area contributed by atoms with E-state index in [0.29, 0.717) is 6.42 Å². The van der Waals surface area contributed by atoms with E-state index in [-0.39, 0.29) is 24.0 Å². The van der Waals surface area contributed by atoms with E-state index < -0.39 is 23.8 Å². The van der Waals surface area contributed by atoms with Crippen molar-refractivity contribution in [1.29, 1.82) is 0 Å². The van der Waals surface area contributed by atoms with Crippen molar-refractivity contribution < 1.29 is 23.9 Å². The Balaban J connectivity index is 2.29. The zero-order valence-electron chi connectivity index (χ0n) is 11.6. The van der Waals surface area contributed by atoms with E-state index in [1.54, 1.807) is 24.3 Å². The van der Waals surface area contributed by atoms with Gasteiger partial charge in [0.1, 0.15) is 12.3 Å². The second-order valence-electron chi connectivity index (χ2n) is 4.66. The third-order valence-electron chi connectivity index (χ3n) is 3.41. The Morgan fingerprint density at radius 3 is 2.29 bits per heavy atom. The van der Waals surface area contributed by atoms with Crippen molar-refractivity contribution in [1.82, 2.24) is 4.90 Å². The normalized spacial score (nSPS) is 14.8. The molecule has 2 amide bonds. The predicted octanol–water partition coefficient (Wildman–Crippen LogP) is 1.19. The van der Waals surface area contributed by atoms with Crippen LogP contribution in [0, 0.1) is 0 Å². The number of rotatable bonds is 6. The lowest BCUT2D eigenvalue weighted by molar-refractivity contribution is -0.145. The zero-order chi connectivity index (χ0) is 15.4. The van der Waals surface area contributed by atoms with Crippen LogP contribution in [0.2, 0.25) is 0 Å². The van der Waals surface area contributed by atoms with Gasteiger partial charge in [-0.2, -0.15) is 0 Å². The number of carbonyl (C=O) groups excluding carboxylic acids is 4. The van der Waals surface area contributed by atoms with Gasteiger partial charge in [0.25, 0.3) is 11.8 Å². The fourth-order valence-corrected chi connectivity index (χ4v) is 2.37. The first-order valence-corrected chi connectivity index (χ1v) is 6.60. The van der Waals surface area contributed by atoms with E-state index in [1.807, 2.05) is 0 Å². The topological polar surface area (TPSA) is 80.8 Å². The number of unbranched alkanes of at least 4 members (excludes halogenated alkanes) is 1. The van der Waals surface area contributed by atoms with Gasteiger partial charge in [-0.3, -0.25) is 14.5 Å². The minimum atomic E-state index is -0.998. The van der Waals surface area contributed by atoms with Crippen LogP contribution in [0.1, 0.15) is 40.0 Å². The van der Waals surface area contributed by atoms with Crippen molar-refractivity contribution in [2.45, 2.75) is 25.3 Å². The van der Waals surface area contributed by atoms with Crippen molar-refractivity contribution in [3.05, 3.63) is 35.4 Å². The number of amides is 2. The quantitative estimate of drug-likeness (QED) is 0.340. The fourth-order valence-electron chi connectivity index (χ4n) is 2.37. The van der Waals surface area contributed by atoms with Gasteiger partial charge >= 0.3 is 5.97 Å². The summed E-state index contributed by atoms with van der Waals surface area (Å²) in [5.74, 6) is -1.66. The Kier molecular flexibility index (Phi) is 4.47. The molecule has 0 aromatic heterocycles. The van der Waals surface area contributed by atoms with Crippen LogP contribution in [-0.4, -0.2) is 42.1 Å². The minimum absolute atomic E-state index is 0.205. The molecule has 21 heavy (non-hydrogen) atoms. The molecule has 6 heteroatoms. The highest BCUT2D eigenvalue weighted by molar-refractivity contribution is 6.22. The first-order valence-electron chi connectivity index (χ1n) is 6.60. The van der Waals surface area contributed by atoms with Gasteiger partial charge in [0.15, 0.2) is 0 Å². The van der Waals surface area contributed by atoms with Crippen LogP contribution in [0.15, 0.2) is 24.3 Å². The minimum Gasteiger partial charge on any atom is -0.467 e. The first-order chi connectivity index (χ1) is 10.1. The van der Waals surface area contributed by atoms with E-state index in [9.17, 15) is 19.2 Å². The van der Waals surface area contributed by atoms with Gasteiger partial charge in [0, 0.05) is 6.42 Å². The van der Waals surface area contributed by atoms with E-state index in [4.69, 9.17) is 0 Å². The van der Waals surface area contributed by atoms with Gasteiger partial charge in [0.05, 0.1) is 18.2 Å². The summed E-state index contributed by atoms with van der Waals surface area (Å²) >= 11 is 0. The van der Waals surface area contributed by atoms with E-state index in [2.05, 4.69) is 4.74 Å². The standard InChI is InChI=1S/C15H15NO5/c1-21-15(20)12(8-4-5-9-17)16-13(18)10-6-2-3-7-11(10)14(16)19/h2-3,6-7,9,12H,4-5,8H2,1H3/t12-/m0/s1. The maximum atomic E-state index is 12.3. The summed E-state index contributed by atoms with van der Waals surface area (Å²) in [5, 5.41) is 0. The molecule has 110 valence electrons. The van der Waals surface area contributed by atoms with Crippen LogP contribution in [-0.2, 0) is 14.3 Å². The Labute approximate surface area is 121 Å². The molecule has 0 spiro atoms. The molecule has 0 bridgehead atoms. The highest BCUT2D eigenvalue weighted by Gasteiger charge is 2.42. The first kappa shape index (κ1) is 14.9. The van der Waals surface area contributed by atoms with Crippen molar-refractivity contribution >= 4 is 24.1 Å². The summed E-state index contributed by atoms with van der Waals surface area (Å²) in [5.41, 5.74) is 0.568. The molecule has 0 unspecified atom stereocenters. The highest BCUT2D eigenvalue weighted by atomic mass is 16.5. The number of imide groups is 1. The molecule has 2 rings (SSSR count). The highest BCUT2D eigenvalue weighted by Crippen LogP contribution is 2.26. The molecule has 0 saturated carbocycles. The second kappa shape index (κ2) is 6.30. The molecule has 1 heterocycles. The molecule has 0 radical (unpaired) electrons. The monoisotopic (exact) mass is 289 g/mol. The molecule has 1 aliphatic rings. The van der Waals surface area contributed by atoms with Crippen LogP contribution in [0.5, 0.6) is 0 Å². The van der Waals surface area contributed by atoms with Crippen LogP contribution in [0.3, 0.4) is 0 Å². The number of ether oxygens (including phenoxy) is 1. The van der Waals surface area contributed by atoms with E-state index in [1.165, 1.54) is 7.11 Å². The smallest absolute Gasteiger partial charge is 0.329 e. The number of esters is 1. The van der Waals surface area contributed by atoms with Crippen LogP contribution in [0.4, 0.5) is 0 Å². The van der Waals surface area contributed by atoms with Crippen molar-refractivity contribution in [2.24, 2.45) is 0 Å². The number of methoxy groups -OCH3 is 1. The molecular formula is C15H15NO5. The number of carbonyl (C=O) groups is 4. The Morgan fingerprint density at radius 2 is 1.81 bits per heavy atom. The maximum absolute atomic E-state index is 12.3. The number of aldehydes is 1. The molecule has 0 aliphatic carbocycles. The van der Waals surface area contributed by atoms with Gasteiger partial charge < -0.3 is 9.53 Å². The molecule has 1 aromatic carbocycles. The lowest BCUT2D eigenvalue weighted by atomic mass is 10.1. The third kappa shape index (κ3) is 2.69. The molecule has 0 saturated heterocycles. The van der Waals surface area contributed by atoms with Gasteiger partial charge in [-0.25, -0.2) is 4.79 Å². The van der Waals surface area contributed by atoms with Crippen molar-refractivity contribution in [2.75, 3.05) is 7.11 Å². The van der Waals surface area contributed by atoms with Gasteiger partial charge in [-0.1, -0.05) is 12.1 Å². The molecule has 0 N–H and O–H groups in total. The number of hydrogen-bond acceptors (Lipinski definition) is 5. The molecular weight excluding hydrogens is 274 g/mol. The SMILES string of the molecule is COC(=O)[C@H](CCCC=O)N1C(=O)c2ccccc2C1=O. The zero-order valence-corrected chi connectivity index (χ0v) is 11.6. The summed E-state index contributed by atoms with van der Waals surface area (Å²) in [6, 6.07) is 5.42. The lowest BCUT2D eigenvalue weighted by Crippen LogP contribution is -2.45. The maximum Gasteiger partial charge on any atom is 0.329 e. The molecule has 6 nitrogen and oxygen atoms in total. The number of benzene rings is 1. The Hall–Kier alpha value is -2.50. The number of hydrogen-bond donors (Lipinski definition) is 0. The number of fused-ring (bicyclic) bond motifs is 1. The summed E-state index contributed by atoms with van der Waals surface area (Å²) in [6.45, 7) is 0. The number of nitrogens with zero attached hydrogens (tertiary/aromatic N) is 1. The molecule has 0 fully saturated rings. The summed E-state index contributed by atoms with van der Waals surface area (Å²) in [4.78, 5) is 47.9.